The molecule has 0 unspecified atom stereocenters. The summed E-state index contributed by atoms with van der Waals surface area (Å²) in [5, 5.41) is 2.08. The van der Waals surface area contributed by atoms with Crippen LogP contribution in [0.25, 0.3) is 0 Å². The van der Waals surface area contributed by atoms with Gasteiger partial charge in [-0.15, -0.1) is 11.3 Å². The Kier molecular flexibility index (Phi) is 6.87. The number of rotatable bonds is 6. The fraction of sp³-hybridized carbons (Fsp3) is 0.478. The van der Waals surface area contributed by atoms with Crippen molar-refractivity contribution in [2.45, 2.75) is 32.4 Å². The van der Waals surface area contributed by atoms with E-state index in [-0.39, 0.29) is 30.5 Å². The van der Waals surface area contributed by atoms with Gasteiger partial charge >= 0.3 is 0 Å². The number of amides is 2. The van der Waals surface area contributed by atoms with Gasteiger partial charge in [0.2, 0.25) is 11.8 Å². The molecule has 1 aromatic heterocycles. The molecule has 2 aliphatic rings. The number of carbonyl (C=O) groups is 2. The summed E-state index contributed by atoms with van der Waals surface area (Å²) < 4.78 is 18.9. The molecule has 31 heavy (non-hydrogen) atoms. The number of methoxy groups -OCH3 is 1. The maximum absolute atomic E-state index is 13.6. The number of hydrogen-bond donors (Lipinski definition) is 0. The minimum Gasteiger partial charge on any atom is -0.496 e. The number of thiophene rings is 1. The highest BCUT2D eigenvalue weighted by Gasteiger charge is 2.25. The van der Waals surface area contributed by atoms with E-state index in [0.29, 0.717) is 45.0 Å². The summed E-state index contributed by atoms with van der Waals surface area (Å²) >= 11 is 1.75. The SMILES string of the molecule is COc1ccc(F)cc1CN1CCN(C(=O)CCC(=O)N2CCc3sccc3C2)CC1. The molecule has 0 bridgehead atoms. The monoisotopic (exact) mass is 445 g/mol. The molecule has 2 aromatic rings. The highest BCUT2D eigenvalue weighted by molar-refractivity contribution is 7.10. The number of nitrogens with zero attached hydrogens (tertiary/aromatic N) is 3. The number of hydrogen-bond acceptors (Lipinski definition) is 5. The Bertz CT molecular complexity index is 940. The Morgan fingerprint density at radius 1 is 1.03 bits per heavy atom. The van der Waals surface area contributed by atoms with Crippen molar-refractivity contribution in [2.75, 3.05) is 39.8 Å². The molecule has 0 saturated carbocycles. The van der Waals surface area contributed by atoms with E-state index in [1.807, 2.05) is 9.80 Å². The van der Waals surface area contributed by atoms with Gasteiger partial charge in [-0.05, 0) is 41.6 Å². The highest BCUT2D eigenvalue weighted by atomic mass is 32.1. The Balaban J connectivity index is 1.22. The molecule has 1 aromatic carbocycles. The first kappa shape index (κ1) is 21.8. The topological polar surface area (TPSA) is 53.1 Å². The average molecular weight is 446 g/mol. The summed E-state index contributed by atoms with van der Waals surface area (Å²) in [6.07, 6.45) is 1.42. The molecule has 2 amide bonds. The second-order valence-electron chi connectivity index (χ2n) is 8.05. The molecule has 2 aliphatic heterocycles. The summed E-state index contributed by atoms with van der Waals surface area (Å²) in [6, 6.07) is 6.62. The number of carbonyl (C=O) groups excluding carboxylic acids is 2. The largest absolute Gasteiger partial charge is 0.496 e. The molecule has 0 radical (unpaired) electrons. The van der Waals surface area contributed by atoms with Crippen LogP contribution in [0.5, 0.6) is 5.75 Å². The first-order valence-electron chi connectivity index (χ1n) is 10.7. The van der Waals surface area contributed by atoms with Crippen LogP contribution in [0.4, 0.5) is 4.39 Å². The van der Waals surface area contributed by atoms with Crippen molar-refractivity contribution < 1.29 is 18.7 Å². The number of piperazine rings is 1. The number of halogens is 1. The summed E-state index contributed by atoms with van der Waals surface area (Å²) in [5.41, 5.74) is 2.05. The standard InChI is InChI=1S/C23H28FN3O3S/c1-30-20-3-2-19(24)14-18(20)15-25-9-11-26(12-10-25)22(28)4-5-23(29)27-8-6-21-17(16-27)7-13-31-21/h2-3,7,13-14H,4-6,8-12,15-16H2,1H3. The molecule has 4 rings (SSSR count). The molecule has 6 nitrogen and oxygen atoms in total. The van der Waals surface area contributed by atoms with Crippen LogP contribution < -0.4 is 4.74 Å². The van der Waals surface area contributed by atoms with E-state index in [1.54, 1.807) is 24.5 Å². The second-order valence-corrected chi connectivity index (χ2v) is 9.05. The van der Waals surface area contributed by atoms with Gasteiger partial charge in [0.25, 0.3) is 0 Å². The van der Waals surface area contributed by atoms with Gasteiger partial charge in [0, 0.05) is 69.1 Å². The van der Waals surface area contributed by atoms with Crippen LogP contribution >= 0.6 is 11.3 Å². The summed E-state index contributed by atoms with van der Waals surface area (Å²) in [5.74, 6) is 0.482. The van der Waals surface area contributed by atoms with Gasteiger partial charge in [-0.3, -0.25) is 14.5 Å². The molecule has 1 fully saturated rings. The number of fused-ring (bicyclic) bond motifs is 1. The third kappa shape index (κ3) is 5.25. The lowest BCUT2D eigenvalue weighted by Crippen LogP contribution is -2.48. The Morgan fingerprint density at radius 2 is 1.77 bits per heavy atom. The number of ether oxygens (including phenoxy) is 1. The predicted octanol–water partition coefficient (Wildman–Crippen LogP) is 2.91. The molecule has 0 spiro atoms. The normalized spacial score (nSPS) is 16.8. The zero-order chi connectivity index (χ0) is 21.8. The molecule has 166 valence electrons. The van der Waals surface area contributed by atoms with E-state index in [0.717, 1.165) is 18.5 Å². The van der Waals surface area contributed by atoms with Gasteiger partial charge < -0.3 is 14.5 Å². The lowest BCUT2D eigenvalue weighted by Gasteiger charge is -2.35. The lowest BCUT2D eigenvalue weighted by atomic mass is 10.1. The van der Waals surface area contributed by atoms with E-state index < -0.39 is 0 Å². The van der Waals surface area contributed by atoms with E-state index in [4.69, 9.17) is 4.74 Å². The van der Waals surface area contributed by atoms with Crippen LogP contribution in [0.2, 0.25) is 0 Å². The van der Waals surface area contributed by atoms with Gasteiger partial charge in [-0.25, -0.2) is 4.39 Å². The Hall–Kier alpha value is -2.45. The fourth-order valence-corrected chi connectivity index (χ4v) is 5.15. The van der Waals surface area contributed by atoms with Crippen molar-refractivity contribution >= 4 is 23.2 Å². The van der Waals surface area contributed by atoms with Crippen molar-refractivity contribution in [3.63, 3.8) is 0 Å². The van der Waals surface area contributed by atoms with Gasteiger partial charge in [-0.2, -0.15) is 0 Å². The Morgan fingerprint density at radius 3 is 2.52 bits per heavy atom. The molecule has 0 N–H and O–H groups in total. The Labute approximate surface area is 186 Å². The quantitative estimate of drug-likeness (QED) is 0.686. The number of benzene rings is 1. The summed E-state index contributed by atoms with van der Waals surface area (Å²) in [4.78, 5) is 32.5. The van der Waals surface area contributed by atoms with Crippen LogP contribution in [0, 0.1) is 5.82 Å². The second kappa shape index (κ2) is 9.78. The van der Waals surface area contributed by atoms with Crippen LogP contribution in [-0.4, -0.2) is 66.3 Å². The first-order chi connectivity index (χ1) is 15.0. The molecule has 0 aliphatic carbocycles. The molecule has 3 heterocycles. The van der Waals surface area contributed by atoms with Crippen LogP contribution in [0.1, 0.15) is 28.8 Å². The van der Waals surface area contributed by atoms with Crippen LogP contribution in [-0.2, 0) is 29.1 Å². The lowest BCUT2D eigenvalue weighted by molar-refractivity contribution is -0.138. The molecular weight excluding hydrogens is 417 g/mol. The van der Waals surface area contributed by atoms with Crippen LogP contribution in [0.3, 0.4) is 0 Å². The minimum absolute atomic E-state index is 0.0320. The van der Waals surface area contributed by atoms with Gasteiger partial charge in [0.1, 0.15) is 11.6 Å². The molecular formula is C23H28FN3O3S. The van der Waals surface area contributed by atoms with Gasteiger partial charge in [0.05, 0.1) is 7.11 Å². The molecule has 8 heteroatoms. The summed E-state index contributed by atoms with van der Waals surface area (Å²) in [6.45, 7) is 4.65. The zero-order valence-electron chi connectivity index (χ0n) is 17.8. The smallest absolute Gasteiger partial charge is 0.223 e. The van der Waals surface area contributed by atoms with Crippen molar-refractivity contribution in [3.8, 4) is 5.75 Å². The van der Waals surface area contributed by atoms with Crippen molar-refractivity contribution in [1.82, 2.24) is 14.7 Å². The summed E-state index contributed by atoms with van der Waals surface area (Å²) in [7, 11) is 1.58. The first-order valence-corrected chi connectivity index (χ1v) is 11.6. The van der Waals surface area contributed by atoms with E-state index in [2.05, 4.69) is 16.3 Å². The average Bonchev–Trinajstić information content (AvgIpc) is 3.26. The van der Waals surface area contributed by atoms with Gasteiger partial charge in [-0.1, -0.05) is 0 Å². The molecule has 1 saturated heterocycles. The minimum atomic E-state index is -0.279. The third-order valence-corrected chi connectivity index (χ3v) is 7.10. The third-order valence-electron chi connectivity index (χ3n) is 6.07. The molecule has 0 atom stereocenters. The maximum Gasteiger partial charge on any atom is 0.223 e. The maximum atomic E-state index is 13.6. The van der Waals surface area contributed by atoms with E-state index >= 15 is 0 Å². The van der Waals surface area contributed by atoms with Crippen molar-refractivity contribution in [2.24, 2.45) is 0 Å². The van der Waals surface area contributed by atoms with E-state index in [1.165, 1.54) is 22.6 Å². The van der Waals surface area contributed by atoms with Crippen molar-refractivity contribution in [1.29, 1.82) is 0 Å². The van der Waals surface area contributed by atoms with Gasteiger partial charge in [0.15, 0.2) is 0 Å². The fourth-order valence-electron chi connectivity index (χ4n) is 4.26. The predicted molar refractivity (Wildman–Crippen MR) is 117 cm³/mol. The van der Waals surface area contributed by atoms with Crippen molar-refractivity contribution in [3.05, 3.63) is 51.5 Å². The zero-order valence-corrected chi connectivity index (χ0v) is 18.6. The van der Waals surface area contributed by atoms with Crippen LogP contribution in [0.15, 0.2) is 29.6 Å². The highest BCUT2D eigenvalue weighted by Crippen LogP contribution is 2.25. The van der Waals surface area contributed by atoms with E-state index in [9.17, 15) is 14.0 Å².